The quantitative estimate of drug-likeness (QED) is 0.820. The van der Waals surface area contributed by atoms with Crippen LogP contribution < -0.4 is 5.32 Å². The number of nitrogens with zero attached hydrogens (tertiary/aromatic N) is 1. The molecule has 5 heteroatoms. The molecular weight excluding hydrogens is 316 g/mol. The van der Waals surface area contributed by atoms with Crippen molar-refractivity contribution in [3.05, 3.63) is 71.3 Å². The maximum Gasteiger partial charge on any atom is 0.251 e. The first-order valence-corrected chi connectivity index (χ1v) is 8.48. The molecule has 0 spiro atoms. The number of ether oxygens (including phenoxy) is 1. The van der Waals surface area contributed by atoms with Crippen molar-refractivity contribution in [1.82, 2.24) is 10.2 Å². The number of carbonyl (C=O) groups is 2. The van der Waals surface area contributed by atoms with Crippen LogP contribution in [0.3, 0.4) is 0 Å². The van der Waals surface area contributed by atoms with Gasteiger partial charge in [-0.15, -0.1) is 0 Å². The maximum absolute atomic E-state index is 12.3. The molecule has 2 aromatic rings. The summed E-state index contributed by atoms with van der Waals surface area (Å²) in [6, 6.07) is 16.5. The van der Waals surface area contributed by atoms with E-state index in [9.17, 15) is 9.59 Å². The minimum absolute atomic E-state index is 0.00343. The number of nitrogens with one attached hydrogen (secondary N) is 1. The Kier molecular flexibility index (Phi) is 5.93. The summed E-state index contributed by atoms with van der Waals surface area (Å²) >= 11 is 0. The average Bonchev–Trinajstić information content (AvgIpc) is 2.67. The molecule has 1 N–H and O–H groups in total. The Morgan fingerprint density at radius 2 is 1.68 bits per heavy atom. The summed E-state index contributed by atoms with van der Waals surface area (Å²) in [5.41, 5.74) is 2.26. The van der Waals surface area contributed by atoms with Gasteiger partial charge in [-0.05, 0) is 17.7 Å². The lowest BCUT2D eigenvalue weighted by Gasteiger charge is -2.26. The molecule has 1 amide bonds. The molecule has 0 aliphatic carbocycles. The molecule has 0 unspecified atom stereocenters. The number of hydrogen-bond acceptors (Lipinski definition) is 4. The number of Topliss-reactive ketones (excluding diaryl/α,β-unsaturated/α-hetero) is 1. The summed E-state index contributed by atoms with van der Waals surface area (Å²) in [6.45, 7) is 4.11. The fourth-order valence-electron chi connectivity index (χ4n) is 2.82. The molecular formula is C20H22N2O3. The normalized spacial score (nSPS) is 14.9. The molecule has 0 saturated carbocycles. The van der Waals surface area contributed by atoms with E-state index in [1.165, 1.54) is 0 Å². The molecule has 1 aliphatic rings. The van der Waals surface area contributed by atoms with E-state index in [-0.39, 0.29) is 18.2 Å². The summed E-state index contributed by atoms with van der Waals surface area (Å²) in [4.78, 5) is 26.7. The van der Waals surface area contributed by atoms with Crippen molar-refractivity contribution >= 4 is 11.7 Å². The van der Waals surface area contributed by atoms with Crippen molar-refractivity contribution in [3.8, 4) is 0 Å². The average molecular weight is 338 g/mol. The SMILES string of the molecule is O=C(CNC(=O)c1cccc(CN2CCOCC2)c1)c1ccccc1. The van der Waals surface area contributed by atoms with E-state index in [1.54, 1.807) is 18.2 Å². The van der Waals surface area contributed by atoms with Gasteiger partial charge < -0.3 is 10.1 Å². The number of hydrogen-bond donors (Lipinski definition) is 1. The minimum Gasteiger partial charge on any atom is -0.379 e. The number of benzene rings is 2. The van der Waals surface area contributed by atoms with Crippen LogP contribution in [0.5, 0.6) is 0 Å². The molecule has 1 heterocycles. The molecule has 5 nitrogen and oxygen atoms in total. The predicted molar refractivity (Wildman–Crippen MR) is 95.6 cm³/mol. The van der Waals surface area contributed by atoms with Gasteiger partial charge in [-0.25, -0.2) is 0 Å². The van der Waals surface area contributed by atoms with Crippen LogP contribution in [-0.4, -0.2) is 49.4 Å². The highest BCUT2D eigenvalue weighted by Gasteiger charge is 2.13. The van der Waals surface area contributed by atoms with Crippen LogP contribution in [0.1, 0.15) is 26.3 Å². The van der Waals surface area contributed by atoms with Crippen LogP contribution in [0.25, 0.3) is 0 Å². The molecule has 2 aromatic carbocycles. The third-order valence-electron chi connectivity index (χ3n) is 4.20. The van der Waals surface area contributed by atoms with Crippen LogP contribution in [0, 0.1) is 0 Å². The van der Waals surface area contributed by atoms with Gasteiger partial charge in [0, 0.05) is 30.8 Å². The smallest absolute Gasteiger partial charge is 0.251 e. The predicted octanol–water partition coefficient (Wildman–Crippen LogP) is 2.13. The topological polar surface area (TPSA) is 58.6 Å². The molecule has 0 radical (unpaired) electrons. The Balaban J connectivity index is 1.56. The minimum atomic E-state index is -0.229. The van der Waals surface area contributed by atoms with E-state index in [4.69, 9.17) is 4.74 Å². The lowest BCUT2D eigenvalue weighted by atomic mass is 10.1. The number of amides is 1. The lowest BCUT2D eigenvalue weighted by Crippen LogP contribution is -2.35. The number of morpholine rings is 1. The van der Waals surface area contributed by atoms with E-state index < -0.39 is 0 Å². The zero-order valence-corrected chi connectivity index (χ0v) is 14.1. The summed E-state index contributed by atoms with van der Waals surface area (Å²) in [5.74, 6) is -0.327. The fraction of sp³-hybridized carbons (Fsp3) is 0.300. The molecule has 1 saturated heterocycles. The van der Waals surface area contributed by atoms with Crippen molar-refractivity contribution < 1.29 is 14.3 Å². The number of carbonyl (C=O) groups excluding carboxylic acids is 2. The highest BCUT2D eigenvalue weighted by molar-refractivity contribution is 6.02. The van der Waals surface area contributed by atoms with Gasteiger partial charge in [0.05, 0.1) is 19.8 Å². The van der Waals surface area contributed by atoms with Gasteiger partial charge >= 0.3 is 0 Å². The highest BCUT2D eigenvalue weighted by atomic mass is 16.5. The number of ketones is 1. The second kappa shape index (κ2) is 8.55. The Hall–Kier alpha value is -2.50. The zero-order chi connectivity index (χ0) is 17.5. The van der Waals surface area contributed by atoms with Crippen LogP contribution in [0.4, 0.5) is 0 Å². The molecule has 3 rings (SSSR count). The summed E-state index contributed by atoms with van der Waals surface area (Å²) < 4.78 is 5.35. The van der Waals surface area contributed by atoms with Crippen LogP contribution in [-0.2, 0) is 11.3 Å². The van der Waals surface area contributed by atoms with E-state index in [0.717, 1.165) is 38.4 Å². The van der Waals surface area contributed by atoms with Crippen molar-refractivity contribution in [1.29, 1.82) is 0 Å². The zero-order valence-electron chi connectivity index (χ0n) is 14.1. The van der Waals surface area contributed by atoms with Crippen LogP contribution >= 0.6 is 0 Å². The van der Waals surface area contributed by atoms with E-state index in [0.29, 0.717) is 11.1 Å². The van der Waals surface area contributed by atoms with Gasteiger partial charge in [0.1, 0.15) is 0 Å². The van der Waals surface area contributed by atoms with Crippen LogP contribution in [0.15, 0.2) is 54.6 Å². The molecule has 25 heavy (non-hydrogen) atoms. The van der Waals surface area contributed by atoms with E-state index >= 15 is 0 Å². The summed E-state index contributed by atoms with van der Waals surface area (Å²) in [6.07, 6.45) is 0. The first-order chi connectivity index (χ1) is 12.2. The Bertz CT molecular complexity index is 725. The molecule has 1 fully saturated rings. The largest absolute Gasteiger partial charge is 0.379 e. The Morgan fingerprint density at radius 3 is 2.44 bits per heavy atom. The summed E-state index contributed by atoms with van der Waals surface area (Å²) in [7, 11) is 0. The molecule has 0 aromatic heterocycles. The molecule has 130 valence electrons. The molecule has 0 atom stereocenters. The third-order valence-corrected chi connectivity index (χ3v) is 4.20. The standard InChI is InChI=1S/C20H22N2O3/c23-19(17-6-2-1-3-7-17)14-21-20(24)18-8-4-5-16(13-18)15-22-9-11-25-12-10-22/h1-8,13H,9-12,14-15H2,(H,21,24). The third kappa shape index (κ3) is 4.98. The molecule has 0 bridgehead atoms. The van der Waals surface area contributed by atoms with Crippen molar-refractivity contribution in [2.24, 2.45) is 0 Å². The second-order valence-corrected chi connectivity index (χ2v) is 6.06. The van der Waals surface area contributed by atoms with Gasteiger partial charge in [-0.1, -0.05) is 42.5 Å². The van der Waals surface area contributed by atoms with Crippen LogP contribution in [0.2, 0.25) is 0 Å². The summed E-state index contributed by atoms with van der Waals surface area (Å²) in [5, 5.41) is 2.71. The fourth-order valence-corrected chi connectivity index (χ4v) is 2.82. The van der Waals surface area contributed by atoms with Gasteiger partial charge in [-0.2, -0.15) is 0 Å². The highest BCUT2D eigenvalue weighted by Crippen LogP contribution is 2.10. The first kappa shape index (κ1) is 17.3. The van der Waals surface area contributed by atoms with Gasteiger partial charge in [0.2, 0.25) is 0 Å². The maximum atomic E-state index is 12.3. The monoisotopic (exact) mass is 338 g/mol. The number of rotatable bonds is 6. The molecule has 1 aliphatic heterocycles. The Labute approximate surface area is 147 Å². The van der Waals surface area contributed by atoms with E-state index in [1.807, 2.05) is 36.4 Å². The first-order valence-electron chi connectivity index (χ1n) is 8.48. The van der Waals surface area contributed by atoms with Crippen molar-refractivity contribution in [2.75, 3.05) is 32.8 Å². The van der Waals surface area contributed by atoms with Gasteiger partial charge in [0.25, 0.3) is 5.91 Å². The Morgan fingerprint density at radius 1 is 0.960 bits per heavy atom. The van der Waals surface area contributed by atoms with Gasteiger partial charge in [-0.3, -0.25) is 14.5 Å². The second-order valence-electron chi connectivity index (χ2n) is 6.06. The van der Waals surface area contributed by atoms with Crippen molar-refractivity contribution in [3.63, 3.8) is 0 Å². The van der Waals surface area contributed by atoms with Crippen molar-refractivity contribution in [2.45, 2.75) is 6.54 Å². The lowest BCUT2D eigenvalue weighted by molar-refractivity contribution is 0.0342. The van der Waals surface area contributed by atoms with Gasteiger partial charge in [0.15, 0.2) is 5.78 Å². The van der Waals surface area contributed by atoms with E-state index in [2.05, 4.69) is 10.2 Å².